The Morgan fingerprint density at radius 3 is 2.79 bits per heavy atom. The second kappa shape index (κ2) is 7.16. The van der Waals surface area contributed by atoms with Crippen molar-refractivity contribution in [3.8, 4) is 0 Å². The predicted molar refractivity (Wildman–Crippen MR) is 74.0 cm³/mol. The summed E-state index contributed by atoms with van der Waals surface area (Å²) < 4.78 is 15.0. The van der Waals surface area contributed by atoms with E-state index in [9.17, 15) is 9.18 Å². The van der Waals surface area contributed by atoms with Gasteiger partial charge in [0.1, 0.15) is 0 Å². The molecule has 5 heteroatoms. The summed E-state index contributed by atoms with van der Waals surface area (Å²) in [6.07, 6.45) is 4.98. The zero-order valence-electron chi connectivity index (χ0n) is 12.0. The molecule has 1 heterocycles. The number of hydrogen-bond acceptors (Lipinski definition) is 2. The van der Waals surface area contributed by atoms with Crippen molar-refractivity contribution in [1.29, 1.82) is 0 Å². The second-order valence-electron chi connectivity index (χ2n) is 4.91. The topological polar surface area (TPSA) is 44.5 Å². The molecule has 1 aliphatic heterocycles. The molecule has 1 aliphatic rings. The number of carbonyl (C=O) groups is 1. The second-order valence-corrected chi connectivity index (χ2v) is 4.91. The molecule has 0 aromatic carbocycles. The van der Waals surface area contributed by atoms with Crippen LogP contribution in [-0.2, 0) is 4.79 Å². The predicted octanol–water partition coefficient (Wildman–Crippen LogP) is 3.18. The third kappa shape index (κ3) is 4.26. The monoisotopic (exact) mass is 269 g/mol. The van der Waals surface area contributed by atoms with Crippen LogP contribution in [0.1, 0.15) is 35.5 Å². The number of hydrogen-bond donors (Lipinski definition) is 1. The van der Waals surface area contributed by atoms with Crippen LogP contribution in [0.5, 0.6) is 0 Å². The van der Waals surface area contributed by atoms with Crippen molar-refractivity contribution in [2.24, 2.45) is 11.0 Å². The molecule has 0 saturated carbocycles. The van der Waals surface area contributed by atoms with Crippen molar-refractivity contribution >= 4 is 5.91 Å². The minimum atomic E-state index is -0.585. The third-order valence-corrected chi connectivity index (χ3v) is 2.96. The van der Waals surface area contributed by atoms with E-state index < -0.39 is 11.9 Å². The maximum Gasteiger partial charge on any atom is 0.396 e. The minimum Gasteiger partial charge on any atom is -0.348 e. The lowest BCUT2D eigenvalue weighted by Crippen LogP contribution is -2.26. The Morgan fingerprint density at radius 1 is 1.58 bits per heavy atom. The van der Waals surface area contributed by atoms with Gasteiger partial charge in [-0.2, -0.15) is 0 Å². The van der Waals surface area contributed by atoms with Crippen molar-refractivity contribution in [1.82, 2.24) is 5.32 Å². The first-order chi connectivity index (χ1) is 8.97. The highest BCUT2D eigenvalue weighted by Gasteiger charge is 2.34. The lowest BCUT2D eigenvalue weighted by atomic mass is 10.1. The van der Waals surface area contributed by atoms with Crippen LogP contribution in [0.15, 0.2) is 28.8 Å². The Hall–Kier alpha value is -1.52. The Morgan fingerprint density at radius 2 is 2.26 bits per heavy atom. The van der Waals surface area contributed by atoms with Gasteiger partial charge in [0, 0.05) is 7.97 Å². The number of nitrogens with one attached hydrogen (secondary N) is 1. The summed E-state index contributed by atoms with van der Waals surface area (Å²) in [4.78, 5) is 11.8. The average Bonchev–Trinajstić information content (AvgIpc) is 2.76. The van der Waals surface area contributed by atoms with Crippen molar-refractivity contribution < 1.29 is 15.3 Å². The standard InChI is InChI=1S/C14H21FN3O.H2/c1-5-11(4)7-6-8-16-14(19)12-9-17-18(10(2)3)13(12)15;/h6-7,9-11H,5,8H2,1-4H3;1H/p+1/b7-6+;. The molecular weight excluding hydrogens is 245 g/mol. The summed E-state index contributed by atoms with van der Waals surface area (Å²) >= 11 is 0. The van der Waals surface area contributed by atoms with Crippen molar-refractivity contribution in [2.45, 2.75) is 40.2 Å². The Bertz CT molecular complexity index is 430. The van der Waals surface area contributed by atoms with E-state index in [4.69, 9.17) is 0 Å². The number of carbonyl (C=O) groups excluding carboxylic acids is 1. The van der Waals surface area contributed by atoms with Crippen LogP contribution in [0, 0.1) is 12.5 Å². The molecule has 1 rings (SSSR count). The van der Waals surface area contributed by atoms with Crippen LogP contribution >= 0.6 is 0 Å². The van der Waals surface area contributed by atoms with E-state index in [1.165, 1.54) is 11.2 Å². The molecular formula is C14H24FN3O+. The van der Waals surface area contributed by atoms with E-state index in [2.05, 4.69) is 24.3 Å². The van der Waals surface area contributed by atoms with Gasteiger partial charge in [-0.1, -0.05) is 37.1 Å². The maximum atomic E-state index is 13.8. The van der Waals surface area contributed by atoms with Gasteiger partial charge >= 0.3 is 5.95 Å². The summed E-state index contributed by atoms with van der Waals surface area (Å²) in [5, 5.41) is 6.52. The van der Waals surface area contributed by atoms with Gasteiger partial charge in [-0.3, -0.25) is 4.79 Å². The van der Waals surface area contributed by atoms with Crippen LogP contribution < -0.4 is 5.32 Å². The SMILES string of the molecule is CCC(C)/C=C/CNC(=O)C1=C(F)[N+](C(C)C)=N[CH]1.[HH]. The van der Waals surface area contributed by atoms with Crippen molar-refractivity contribution in [2.75, 3.05) is 6.54 Å². The maximum absolute atomic E-state index is 13.8. The third-order valence-electron chi connectivity index (χ3n) is 2.96. The van der Waals surface area contributed by atoms with Gasteiger partial charge < -0.3 is 5.32 Å². The van der Waals surface area contributed by atoms with Crippen LogP contribution in [-0.4, -0.2) is 23.2 Å². The zero-order chi connectivity index (χ0) is 14.4. The number of halogens is 1. The highest BCUT2D eigenvalue weighted by molar-refractivity contribution is 5.95. The molecule has 1 amide bonds. The molecule has 1 unspecified atom stereocenters. The van der Waals surface area contributed by atoms with Crippen LogP contribution in [0.3, 0.4) is 0 Å². The molecule has 107 valence electrons. The largest absolute Gasteiger partial charge is 0.396 e. The molecule has 0 aliphatic carbocycles. The Kier molecular flexibility index (Phi) is 5.86. The fourth-order valence-electron chi connectivity index (χ4n) is 1.54. The molecule has 19 heavy (non-hydrogen) atoms. The van der Waals surface area contributed by atoms with E-state index >= 15 is 0 Å². The molecule has 0 bridgehead atoms. The average molecular weight is 269 g/mol. The van der Waals surface area contributed by atoms with Gasteiger partial charge in [-0.15, -0.1) is 4.39 Å². The van der Waals surface area contributed by atoms with Crippen molar-refractivity contribution in [3.05, 3.63) is 30.2 Å². The minimum absolute atomic E-state index is 0. The number of amides is 1. The van der Waals surface area contributed by atoms with Crippen LogP contribution in [0.25, 0.3) is 0 Å². The highest BCUT2D eigenvalue weighted by atomic mass is 19.1. The highest BCUT2D eigenvalue weighted by Crippen LogP contribution is 2.21. The Labute approximate surface area is 115 Å². The summed E-state index contributed by atoms with van der Waals surface area (Å²) in [6.45, 7) is 9.49. The molecule has 0 spiro atoms. The number of allylic oxidation sites excluding steroid dienone is 1. The van der Waals surface area contributed by atoms with Gasteiger partial charge in [-0.25, -0.2) is 0 Å². The van der Waals surface area contributed by atoms with Crippen LogP contribution in [0.4, 0.5) is 4.39 Å². The molecule has 0 aromatic heterocycles. The van der Waals surface area contributed by atoms with Gasteiger partial charge in [-0.05, 0) is 24.9 Å². The summed E-state index contributed by atoms with van der Waals surface area (Å²) in [7, 11) is 0. The smallest absolute Gasteiger partial charge is 0.348 e. The summed E-state index contributed by atoms with van der Waals surface area (Å²) in [5.74, 6) is -0.533. The van der Waals surface area contributed by atoms with E-state index in [1.807, 2.05) is 26.0 Å². The van der Waals surface area contributed by atoms with E-state index in [-0.39, 0.29) is 13.0 Å². The molecule has 1 atom stereocenters. The van der Waals surface area contributed by atoms with Gasteiger partial charge in [0.05, 0.1) is 0 Å². The first kappa shape index (κ1) is 15.5. The molecule has 1 N–H and O–H groups in total. The Balaban J connectivity index is 0.00000361. The van der Waals surface area contributed by atoms with Crippen molar-refractivity contribution in [3.63, 3.8) is 0 Å². The molecule has 4 nitrogen and oxygen atoms in total. The van der Waals surface area contributed by atoms with Gasteiger partial charge in [0.25, 0.3) is 5.91 Å². The lowest BCUT2D eigenvalue weighted by Gasteiger charge is -2.02. The normalized spacial score (nSPS) is 17.3. The number of rotatable bonds is 6. The molecule has 1 radical (unpaired) electrons. The summed E-state index contributed by atoms with van der Waals surface area (Å²) in [5.41, 5.74) is -0.00867. The molecule has 0 aromatic rings. The number of azo groups is 2. The first-order valence-electron chi connectivity index (χ1n) is 6.65. The first-order valence-corrected chi connectivity index (χ1v) is 6.65. The summed E-state index contributed by atoms with van der Waals surface area (Å²) in [6, 6.07) is -0.105. The van der Waals surface area contributed by atoms with E-state index in [0.29, 0.717) is 12.5 Å². The van der Waals surface area contributed by atoms with E-state index in [0.717, 1.165) is 6.42 Å². The van der Waals surface area contributed by atoms with Gasteiger partial charge in [0.15, 0.2) is 18.2 Å². The fourth-order valence-corrected chi connectivity index (χ4v) is 1.54. The zero-order valence-corrected chi connectivity index (χ0v) is 12.0. The number of nitrogens with zero attached hydrogens (tertiary/aromatic N) is 2. The molecule has 0 fully saturated rings. The van der Waals surface area contributed by atoms with Gasteiger partial charge in [0.2, 0.25) is 0 Å². The fraction of sp³-hybridized carbons (Fsp3) is 0.571. The quantitative estimate of drug-likeness (QED) is 0.449. The van der Waals surface area contributed by atoms with Crippen LogP contribution in [0.2, 0.25) is 0 Å². The lowest BCUT2D eigenvalue weighted by molar-refractivity contribution is -0.585. The van der Waals surface area contributed by atoms with E-state index in [1.54, 1.807) is 0 Å². The molecule has 0 saturated heterocycles.